The highest BCUT2D eigenvalue weighted by atomic mass is 32.2. The number of hydrogen-bond donors (Lipinski definition) is 0. The molecule has 0 aliphatic carbocycles. The molecule has 0 saturated heterocycles. The van der Waals surface area contributed by atoms with Crippen LogP contribution in [0.4, 0.5) is 0 Å². The Labute approximate surface area is 88.3 Å². The Balaban J connectivity index is 2.19. The van der Waals surface area contributed by atoms with Crippen LogP contribution in [0.25, 0.3) is 0 Å². The molecule has 1 aromatic carbocycles. The lowest BCUT2D eigenvalue weighted by molar-refractivity contribution is 0.691. The van der Waals surface area contributed by atoms with Gasteiger partial charge in [0, 0.05) is 17.1 Å². The Kier molecular flexibility index (Phi) is 5.23. The molecule has 0 saturated carbocycles. The van der Waals surface area contributed by atoms with E-state index in [1.54, 1.807) is 11.7 Å². The highest BCUT2D eigenvalue weighted by molar-refractivity contribution is 7.87. The molecular formula is C12H16OS. The first-order valence-corrected chi connectivity index (χ1v) is 6.44. The van der Waals surface area contributed by atoms with Gasteiger partial charge in [0.2, 0.25) is 0 Å². The van der Waals surface area contributed by atoms with Gasteiger partial charge in [-0.25, -0.2) is 0 Å². The van der Waals surface area contributed by atoms with Crippen molar-refractivity contribution in [2.45, 2.75) is 19.3 Å². The van der Waals surface area contributed by atoms with Gasteiger partial charge in [0.15, 0.2) is 0 Å². The predicted octanol–water partition coefficient (Wildman–Crippen LogP) is 2.90. The molecule has 1 aromatic rings. The summed E-state index contributed by atoms with van der Waals surface area (Å²) in [6.45, 7) is 0. The second-order valence-corrected chi connectivity index (χ2v) is 4.52. The van der Waals surface area contributed by atoms with E-state index in [9.17, 15) is 4.21 Å². The topological polar surface area (TPSA) is 17.1 Å². The fourth-order valence-electron chi connectivity index (χ4n) is 1.27. The van der Waals surface area contributed by atoms with Gasteiger partial charge in [-0.15, -0.1) is 0 Å². The Morgan fingerprint density at radius 2 is 2.00 bits per heavy atom. The monoisotopic (exact) mass is 208 g/mol. The van der Waals surface area contributed by atoms with E-state index in [2.05, 4.69) is 24.3 Å². The van der Waals surface area contributed by atoms with Crippen LogP contribution in [-0.2, 0) is 17.2 Å². The highest BCUT2D eigenvalue weighted by Gasteiger charge is 1.89. The lowest BCUT2D eigenvalue weighted by Gasteiger charge is -1.97. The fraction of sp³-hybridized carbons (Fsp3) is 0.333. The molecule has 0 fully saturated rings. The average molecular weight is 208 g/mol. The molecule has 0 amide bonds. The third-order valence-corrected chi connectivity index (χ3v) is 2.54. The summed E-state index contributed by atoms with van der Waals surface area (Å²) in [4.78, 5) is 0. The third kappa shape index (κ3) is 4.97. The zero-order valence-electron chi connectivity index (χ0n) is 8.48. The zero-order valence-corrected chi connectivity index (χ0v) is 9.30. The normalized spacial score (nSPS) is 13.2. The molecule has 76 valence electrons. The Bertz CT molecular complexity index is 303. The van der Waals surface area contributed by atoms with E-state index in [1.165, 1.54) is 5.56 Å². The molecule has 1 rings (SSSR count). The van der Waals surface area contributed by atoms with Crippen molar-refractivity contribution < 1.29 is 4.21 Å². The summed E-state index contributed by atoms with van der Waals surface area (Å²) in [5.41, 5.74) is 1.37. The van der Waals surface area contributed by atoms with Gasteiger partial charge in [-0.2, -0.15) is 0 Å². The maximum absolute atomic E-state index is 10.7. The van der Waals surface area contributed by atoms with E-state index >= 15 is 0 Å². The molecule has 0 spiro atoms. The summed E-state index contributed by atoms with van der Waals surface area (Å²) >= 11 is 0. The summed E-state index contributed by atoms with van der Waals surface area (Å²) in [5, 5.41) is 1.75. The Hall–Kier alpha value is -0.890. The molecule has 14 heavy (non-hydrogen) atoms. The van der Waals surface area contributed by atoms with Crippen molar-refractivity contribution in [3.8, 4) is 0 Å². The van der Waals surface area contributed by atoms with Gasteiger partial charge in [0.1, 0.15) is 0 Å². The number of rotatable bonds is 5. The molecule has 0 heterocycles. The number of unbranched alkanes of at least 4 members (excludes halogenated alkanes) is 1. The molecule has 0 bridgehead atoms. The first kappa shape index (κ1) is 11.2. The van der Waals surface area contributed by atoms with Gasteiger partial charge >= 0.3 is 0 Å². The lowest BCUT2D eigenvalue weighted by atomic mass is 10.1. The van der Waals surface area contributed by atoms with Gasteiger partial charge in [-0.3, -0.25) is 4.21 Å². The molecule has 1 nitrogen and oxygen atoms in total. The Morgan fingerprint density at radius 1 is 1.29 bits per heavy atom. The lowest BCUT2D eigenvalue weighted by Crippen LogP contribution is -1.83. The number of hydrogen-bond acceptors (Lipinski definition) is 1. The maximum Gasteiger partial charge on any atom is 0.0421 e. The summed E-state index contributed by atoms with van der Waals surface area (Å²) in [5.74, 6) is 0. The van der Waals surface area contributed by atoms with E-state index in [-0.39, 0.29) is 0 Å². The van der Waals surface area contributed by atoms with Crippen LogP contribution in [0.15, 0.2) is 41.8 Å². The SMILES string of the molecule is CS(=O)/C=C/CCCc1ccccc1. The van der Waals surface area contributed by atoms with E-state index in [4.69, 9.17) is 0 Å². The van der Waals surface area contributed by atoms with Crippen molar-refractivity contribution in [2.24, 2.45) is 0 Å². The number of benzene rings is 1. The molecule has 0 aromatic heterocycles. The van der Waals surface area contributed by atoms with Crippen LogP contribution < -0.4 is 0 Å². The largest absolute Gasteiger partial charge is 0.255 e. The summed E-state index contributed by atoms with van der Waals surface area (Å²) in [6.07, 6.45) is 6.92. The first-order valence-electron chi connectivity index (χ1n) is 4.82. The number of allylic oxidation sites excluding steroid dienone is 1. The predicted molar refractivity (Wildman–Crippen MR) is 62.6 cm³/mol. The van der Waals surface area contributed by atoms with E-state index in [0.717, 1.165) is 19.3 Å². The molecule has 0 aliphatic rings. The second kappa shape index (κ2) is 6.55. The van der Waals surface area contributed by atoms with Crippen molar-refractivity contribution in [3.63, 3.8) is 0 Å². The van der Waals surface area contributed by atoms with Crippen LogP contribution in [0, 0.1) is 0 Å². The van der Waals surface area contributed by atoms with Crippen LogP contribution in [0.1, 0.15) is 18.4 Å². The van der Waals surface area contributed by atoms with Crippen LogP contribution in [0.3, 0.4) is 0 Å². The van der Waals surface area contributed by atoms with Gasteiger partial charge in [-0.1, -0.05) is 36.4 Å². The number of aryl methyl sites for hydroxylation is 1. The molecule has 0 N–H and O–H groups in total. The second-order valence-electron chi connectivity index (χ2n) is 3.25. The van der Waals surface area contributed by atoms with Crippen molar-refractivity contribution in [3.05, 3.63) is 47.4 Å². The zero-order chi connectivity index (χ0) is 10.2. The molecule has 1 atom stereocenters. The first-order chi connectivity index (χ1) is 6.79. The van der Waals surface area contributed by atoms with E-state index in [0.29, 0.717) is 0 Å². The van der Waals surface area contributed by atoms with Crippen molar-refractivity contribution in [2.75, 3.05) is 6.26 Å². The summed E-state index contributed by atoms with van der Waals surface area (Å²) < 4.78 is 10.7. The third-order valence-electron chi connectivity index (χ3n) is 1.97. The minimum absolute atomic E-state index is 0.794. The quantitative estimate of drug-likeness (QED) is 0.680. The van der Waals surface area contributed by atoms with Crippen molar-refractivity contribution in [1.82, 2.24) is 0 Å². The smallest absolute Gasteiger partial charge is 0.0421 e. The summed E-state index contributed by atoms with van der Waals surface area (Å²) in [6, 6.07) is 10.4. The van der Waals surface area contributed by atoms with Crippen LogP contribution in [0.2, 0.25) is 0 Å². The molecule has 0 aliphatic heterocycles. The average Bonchev–Trinajstić information content (AvgIpc) is 2.18. The molecule has 2 heteroatoms. The van der Waals surface area contributed by atoms with E-state index < -0.39 is 10.8 Å². The van der Waals surface area contributed by atoms with Crippen LogP contribution >= 0.6 is 0 Å². The van der Waals surface area contributed by atoms with Gasteiger partial charge in [0.05, 0.1) is 0 Å². The molecular weight excluding hydrogens is 192 g/mol. The minimum atomic E-state index is -0.794. The van der Waals surface area contributed by atoms with Crippen molar-refractivity contribution in [1.29, 1.82) is 0 Å². The van der Waals surface area contributed by atoms with Crippen molar-refractivity contribution >= 4 is 10.8 Å². The highest BCUT2D eigenvalue weighted by Crippen LogP contribution is 2.04. The Morgan fingerprint density at radius 3 is 2.64 bits per heavy atom. The fourth-order valence-corrected chi connectivity index (χ4v) is 1.68. The van der Waals surface area contributed by atoms with Gasteiger partial charge in [0.25, 0.3) is 0 Å². The van der Waals surface area contributed by atoms with Gasteiger partial charge < -0.3 is 0 Å². The minimum Gasteiger partial charge on any atom is -0.255 e. The van der Waals surface area contributed by atoms with E-state index in [1.807, 2.05) is 12.1 Å². The standard InChI is InChI=1S/C12H16OS/c1-14(13)11-7-3-6-10-12-8-4-2-5-9-12/h2,4-5,7-9,11H,3,6,10H2,1H3/b11-7+. The summed E-state index contributed by atoms with van der Waals surface area (Å²) in [7, 11) is -0.794. The maximum atomic E-state index is 10.7. The van der Waals surface area contributed by atoms with Crippen LogP contribution in [0.5, 0.6) is 0 Å². The van der Waals surface area contributed by atoms with Gasteiger partial charge in [-0.05, 0) is 30.2 Å². The van der Waals surface area contributed by atoms with Crippen LogP contribution in [-0.4, -0.2) is 10.5 Å². The molecule has 1 unspecified atom stereocenters. The molecule has 0 radical (unpaired) electrons.